The zero-order valence-electron chi connectivity index (χ0n) is 13.5. The molecule has 0 spiro atoms. The third-order valence-corrected chi connectivity index (χ3v) is 3.87. The summed E-state index contributed by atoms with van der Waals surface area (Å²) in [7, 11) is 0. The van der Waals surface area contributed by atoms with Crippen molar-refractivity contribution in [2.75, 3.05) is 5.32 Å². The van der Waals surface area contributed by atoms with E-state index >= 15 is 0 Å². The average molecular weight is 326 g/mol. The number of nitrogens with one attached hydrogen (secondary N) is 1. The third-order valence-electron chi connectivity index (χ3n) is 3.87. The maximum atomic E-state index is 11.9. The van der Waals surface area contributed by atoms with E-state index in [9.17, 15) is 9.59 Å². The van der Waals surface area contributed by atoms with Gasteiger partial charge < -0.3 is 10.4 Å². The van der Waals surface area contributed by atoms with Crippen molar-refractivity contribution in [3.63, 3.8) is 0 Å². The van der Waals surface area contributed by atoms with Gasteiger partial charge in [0.05, 0.1) is 17.3 Å². The highest BCUT2D eigenvalue weighted by Crippen LogP contribution is 2.27. The fourth-order valence-electron chi connectivity index (χ4n) is 2.66. The standard InChI is InChI=1S/C17H18N4O3/c1-3-21-17-12(9-11-6-4-5-10(2)15(11)19-17)16(20-21)18-13(22)7-8-14(23)24/h4-6,9H,3,7-8H2,1-2H3,(H,23,24)(H,18,20,22). The molecule has 0 unspecified atom stereocenters. The number of anilines is 1. The van der Waals surface area contributed by atoms with Crippen molar-refractivity contribution >= 4 is 39.6 Å². The van der Waals surface area contributed by atoms with Gasteiger partial charge >= 0.3 is 5.97 Å². The maximum Gasteiger partial charge on any atom is 0.303 e. The van der Waals surface area contributed by atoms with Crippen molar-refractivity contribution < 1.29 is 14.7 Å². The molecule has 24 heavy (non-hydrogen) atoms. The summed E-state index contributed by atoms with van der Waals surface area (Å²) in [5, 5.41) is 17.5. The number of carbonyl (C=O) groups excluding carboxylic acids is 1. The van der Waals surface area contributed by atoms with Crippen LogP contribution >= 0.6 is 0 Å². The smallest absolute Gasteiger partial charge is 0.303 e. The number of amides is 1. The number of hydrogen-bond donors (Lipinski definition) is 2. The Morgan fingerprint density at radius 3 is 2.79 bits per heavy atom. The summed E-state index contributed by atoms with van der Waals surface area (Å²) in [6, 6.07) is 7.88. The number of carboxylic acid groups (broad SMARTS) is 1. The van der Waals surface area contributed by atoms with Gasteiger partial charge in [-0.05, 0) is 25.5 Å². The highest BCUT2D eigenvalue weighted by molar-refractivity contribution is 6.03. The Morgan fingerprint density at radius 1 is 1.29 bits per heavy atom. The number of aromatic nitrogens is 3. The molecular weight excluding hydrogens is 308 g/mol. The molecule has 124 valence electrons. The van der Waals surface area contributed by atoms with Crippen LogP contribution in [0.3, 0.4) is 0 Å². The Morgan fingerprint density at radius 2 is 2.08 bits per heavy atom. The van der Waals surface area contributed by atoms with E-state index in [2.05, 4.69) is 10.4 Å². The number of aryl methyl sites for hydroxylation is 2. The molecule has 2 aromatic heterocycles. The van der Waals surface area contributed by atoms with E-state index in [1.54, 1.807) is 4.68 Å². The minimum atomic E-state index is -1.00. The van der Waals surface area contributed by atoms with Gasteiger partial charge in [0.25, 0.3) is 0 Å². The molecule has 0 saturated heterocycles. The number of nitrogens with zero attached hydrogens (tertiary/aromatic N) is 3. The molecule has 0 fully saturated rings. The second kappa shape index (κ2) is 6.27. The summed E-state index contributed by atoms with van der Waals surface area (Å²) in [4.78, 5) is 27.2. The highest BCUT2D eigenvalue weighted by atomic mass is 16.4. The lowest BCUT2D eigenvalue weighted by molar-refractivity contribution is -0.138. The van der Waals surface area contributed by atoms with Crippen LogP contribution in [0.2, 0.25) is 0 Å². The lowest BCUT2D eigenvalue weighted by Gasteiger charge is -2.03. The molecule has 0 aliphatic rings. The van der Waals surface area contributed by atoms with E-state index in [0.29, 0.717) is 18.0 Å². The van der Waals surface area contributed by atoms with Crippen LogP contribution in [-0.4, -0.2) is 31.7 Å². The molecule has 7 nitrogen and oxygen atoms in total. The van der Waals surface area contributed by atoms with E-state index in [-0.39, 0.29) is 18.7 Å². The van der Waals surface area contributed by atoms with E-state index in [4.69, 9.17) is 10.1 Å². The first-order valence-corrected chi connectivity index (χ1v) is 7.78. The predicted molar refractivity (Wildman–Crippen MR) is 90.9 cm³/mol. The number of fused-ring (bicyclic) bond motifs is 2. The summed E-state index contributed by atoms with van der Waals surface area (Å²) in [6.45, 7) is 4.57. The third kappa shape index (κ3) is 2.92. The van der Waals surface area contributed by atoms with Crippen molar-refractivity contribution in [3.05, 3.63) is 29.8 Å². The highest BCUT2D eigenvalue weighted by Gasteiger charge is 2.15. The van der Waals surface area contributed by atoms with Crippen LogP contribution in [0.4, 0.5) is 5.82 Å². The summed E-state index contributed by atoms with van der Waals surface area (Å²) >= 11 is 0. The molecule has 0 aliphatic carbocycles. The molecular formula is C17H18N4O3. The Kier molecular flexibility index (Phi) is 4.16. The number of carboxylic acids is 1. The minimum Gasteiger partial charge on any atom is -0.481 e. The number of hydrogen-bond acceptors (Lipinski definition) is 4. The molecule has 0 atom stereocenters. The molecule has 1 amide bonds. The van der Waals surface area contributed by atoms with Crippen LogP contribution in [0, 0.1) is 6.92 Å². The van der Waals surface area contributed by atoms with Gasteiger partial charge in [0.15, 0.2) is 11.5 Å². The first kappa shape index (κ1) is 15.9. The van der Waals surface area contributed by atoms with Crippen LogP contribution in [0.25, 0.3) is 21.9 Å². The van der Waals surface area contributed by atoms with E-state index < -0.39 is 5.97 Å². The van der Waals surface area contributed by atoms with Crippen molar-refractivity contribution in [2.45, 2.75) is 33.2 Å². The lowest BCUT2D eigenvalue weighted by atomic mass is 10.1. The zero-order chi connectivity index (χ0) is 17.3. The van der Waals surface area contributed by atoms with Gasteiger partial charge in [-0.15, -0.1) is 0 Å². The number of aliphatic carboxylic acids is 1. The first-order chi connectivity index (χ1) is 11.5. The van der Waals surface area contributed by atoms with Gasteiger partial charge in [-0.2, -0.15) is 5.10 Å². The van der Waals surface area contributed by atoms with Crippen molar-refractivity contribution in [1.29, 1.82) is 0 Å². The summed E-state index contributed by atoms with van der Waals surface area (Å²) in [5.41, 5.74) is 2.68. The van der Waals surface area contributed by atoms with E-state index in [1.165, 1.54) is 0 Å². The molecule has 0 bridgehead atoms. The molecule has 0 radical (unpaired) electrons. The zero-order valence-corrected chi connectivity index (χ0v) is 13.5. The second-order valence-corrected chi connectivity index (χ2v) is 5.61. The molecule has 2 heterocycles. The number of rotatable bonds is 5. The summed E-state index contributed by atoms with van der Waals surface area (Å²) < 4.78 is 1.73. The Labute approximate surface area is 138 Å². The quantitative estimate of drug-likeness (QED) is 0.751. The van der Waals surface area contributed by atoms with Gasteiger partial charge in [-0.1, -0.05) is 18.2 Å². The Balaban J connectivity index is 2.05. The van der Waals surface area contributed by atoms with Gasteiger partial charge in [-0.25, -0.2) is 9.67 Å². The van der Waals surface area contributed by atoms with Gasteiger partial charge in [0.1, 0.15) is 0 Å². The fraction of sp³-hybridized carbons (Fsp3) is 0.294. The van der Waals surface area contributed by atoms with Crippen molar-refractivity contribution in [2.24, 2.45) is 0 Å². The van der Waals surface area contributed by atoms with Crippen LogP contribution in [-0.2, 0) is 16.1 Å². The van der Waals surface area contributed by atoms with Gasteiger partial charge in [-0.3, -0.25) is 9.59 Å². The van der Waals surface area contributed by atoms with Crippen LogP contribution in [0.1, 0.15) is 25.3 Å². The van der Waals surface area contributed by atoms with Crippen LogP contribution in [0.5, 0.6) is 0 Å². The number of para-hydroxylation sites is 1. The normalized spacial score (nSPS) is 11.1. The molecule has 3 aromatic rings. The Hall–Kier alpha value is -2.96. The molecule has 0 aliphatic heterocycles. The number of benzene rings is 1. The van der Waals surface area contributed by atoms with Gasteiger partial charge in [0.2, 0.25) is 5.91 Å². The van der Waals surface area contributed by atoms with Crippen LogP contribution < -0.4 is 5.32 Å². The number of carbonyl (C=O) groups is 2. The monoisotopic (exact) mass is 326 g/mol. The second-order valence-electron chi connectivity index (χ2n) is 5.61. The van der Waals surface area contributed by atoms with Crippen molar-refractivity contribution in [1.82, 2.24) is 14.8 Å². The van der Waals surface area contributed by atoms with Crippen molar-refractivity contribution in [3.8, 4) is 0 Å². The minimum absolute atomic E-state index is 0.0874. The summed E-state index contributed by atoms with van der Waals surface area (Å²) in [5.74, 6) is -0.959. The fourth-order valence-corrected chi connectivity index (χ4v) is 2.66. The SMILES string of the molecule is CCn1nc(NC(=O)CCC(=O)O)c2cc3cccc(C)c3nc21. The first-order valence-electron chi connectivity index (χ1n) is 7.78. The lowest BCUT2D eigenvalue weighted by Crippen LogP contribution is -2.14. The predicted octanol–water partition coefficient (Wildman–Crippen LogP) is 2.72. The number of pyridine rings is 1. The van der Waals surface area contributed by atoms with Crippen LogP contribution in [0.15, 0.2) is 24.3 Å². The maximum absolute atomic E-state index is 11.9. The van der Waals surface area contributed by atoms with Gasteiger partial charge in [0, 0.05) is 18.4 Å². The summed E-state index contributed by atoms with van der Waals surface area (Å²) in [6.07, 6.45) is -0.297. The van der Waals surface area contributed by atoms with E-state index in [1.807, 2.05) is 38.1 Å². The molecule has 3 rings (SSSR count). The largest absolute Gasteiger partial charge is 0.481 e. The molecule has 2 N–H and O–H groups in total. The molecule has 7 heteroatoms. The Bertz CT molecular complexity index is 946. The molecule has 1 aromatic carbocycles. The van der Waals surface area contributed by atoms with E-state index in [0.717, 1.165) is 21.9 Å². The topological polar surface area (TPSA) is 97.1 Å². The average Bonchev–Trinajstić information content (AvgIpc) is 2.89. The molecule has 0 saturated carbocycles.